The van der Waals surface area contributed by atoms with Gasteiger partial charge in [-0.25, -0.2) is 4.68 Å². The molecule has 4 rings (SSSR count). The lowest BCUT2D eigenvalue weighted by atomic mass is 10.1. The van der Waals surface area contributed by atoms with Crippen LogP contribution in [0, 0.1) is 0 Å². The van der Waals surface area contributed by atoms with Crippen LogP contribution in [0.4, 0.5) is 5.82 Å². The lowest BCUT2D eigenvalue weighted by molar-refractivity contribution is 0.0935. The number of fused-ring (bicyclic) bond motifs is 1. The molecule has 0 saturated carbocycles. The van der Waals surface area contributed by atoms with E-state index < -0.39 is 0 Å². The van der Waals surface area contributed by atoms with Gasteiger partial charge in [0.15, 0.2) is 0 Å². The highest BCUT2D eigenvalue weighted by Gasteiger charge is 2.28. The molecule has 0 spiro atoms. The number of amides is 1. The number of benzene rings is 2. The molecule has 1 amide bonds. The van der Waals surface area contributed by atoms with Crippen LogP contribution in [0.1, 0.15) is 29.0 Å². The molecular weight excluding hydrogens is 316 g/mol. The number of hydrogen-bond acceptors (Lipinski definition) is 4. The molecule has 2 aromatic carbocycles. The van der Waals surface area contributed by atoms with E-state index in [1.165, 1.54) is 0 Å². The minimum atomic E-state index is -0.324. The third kappa shape index (κ3) is 2.82. The van der Waals surface area contributed by atoms with Gasteiger partial charge >= 0.3 is 0 Å². The lowest BCUT2D eigenvalue weighted by Crippen LogP contribution is -2.38. The molecule has 1 atom stereocenters. The third-order valence-corrected chi connectivity index (χ3v) is 4.10. The Bertz CT molecular complexity index is 888. The van der Waals surface area contributed by atoms with E-state index in [1.54, 1.807) is 10.9 Å². The van der Waals surface area contributed by atoms with Crippen molar-refractivity contribution in [2.75, 3.05) is 11.9 Å². The molecule has 2 N–H and O–H groups in total. The number of carbonyl (C=O) groups is 1. The number of carbonyl (C=O) groups excluding carboxylic acids is 1. The van der Waals surface area contributed by atoms with E-state index in [0.717, 1.165) is 17.0 Å². The molecule has 0 fully saturated rings. The zero-order chi connectivity index (χ0) is 17.2. The number of hydrogen-bond donors (Lipinski definition) is 2. The first-order valence-electron chi connectivity index (χ1n) is 8.20. The van der Waals surface area contributed by atoms with E-state index in [-0.39, 0.29) is 12.1 Å². The molecule has 6 heteroatoms. The number of ether oxygens (including phenoxy) is 1. The van der Waals surface area contributed by atoms with E-state index in [4.69, 9.17) is 4.74 Å². The fourth-order valence-corrected chi connectivity index (χ4v) is 2.89. The van der Waals surface area contributed by atoms with Gasteiger partial charge in [-0.3, -0.25) is 4.79 Å². The summed E-state index contributed by atoms with van der Waals surface area (Å²) in [5.74, 6) is 1.35. The summed E-state index contributed by atoms with van der Waals surface area (Å²) in [6, 6.07) is 17.4. The summed E-state index contributed by atoms with van der Waals surface area (Å²) in [4.78, 5) is 12.5. The highest BCUT2D eigenvalue weighted by atomic mass is 16.5. The molecule has 0 bridgehead atoms. The third-order valence-electron chi connectivity index (χ3n) is 4.10. The molecule has 0 saturated heterocycles. The van der Waals surface area contributed by atoms with Crippen molar-refractivity contribution in [3.63, 3.8) is 0 Å². The number of nitrogens with one attached hydrogen (secondary N) is 2. The normalized spacial score (nSPS) is 15.9. The topological polar surface area (TPSA) is 68.2 Å². The van der Waals surface area contributed by atoms with E-state index in [9.17, 15) is 4.79 Å². The molecule has 0 radical (unpaired) electrons. The molecule has 3 aromatic rings. The van der Waals surface area contributed by atoms with E-state index >= 15 is 0 Å². The Morgan fingerprint density at radius 1 is 1.08 bits per heavy atom. The van der Waals surface area contributed by atoms with Crippen molar-refractivity contribution in [3.05, 3.63) is 71.9 Å². The Hall–Kier alpha value is -3.28. The quantitative estimate of drug-likeness (QED) is 0.769. The van der Waals surface area contributed by atoms with Crippen LogP contribution in [0.15, 0.2) is 60.8 Å². The minimum Gasteiger partial charge on any atom is -0.494 e. The monoisotopic (exact) mass is 334 g/mol. The first kappa shape index (κ1) is 15.3. The van der Waals surface area contributed by atoms with Crippen LogP contribution in [-0.2, 0) is 0 Å². The van der Waals surface area contributed by atoms with Crippen LogP contribution in [0.25, 0.3) is 5.69 Å². The zero-order valence-electron chi connectivity index (χ0n) is 13.8. The second kappa shape index (κ2) is 6.32. The second-order valence-corrected chi connectivity index (χ2v) is 5.71. The first-order chi connectivity index (χ1) is 12.3. The van der Waals surface area contributed by atoms with Crippen molar-refractivity contribution >= 4 is 11.7 Å². The van der Waals surface area contributed by atoms with Crippen molar-refractivity contribution in [1.29, 1.82) is 0 Å². The van der Waals surface area contributed by atoms with Crippen molar-refractivity contribution in [1.82, 2.24) is 15.1 Å². The lowest BCUT2D eigenvalue weighted by Gasteiger charge is -2.27. The summed E-state index contributed by atoms with van der Waals surface area (Å²) in [5, 5.41) is 10.7. The van der Waals surface area contributed by atoms with Crippen molar-refractivity contribution in [2.24, 2.45) is 0 Å². The predicted molar refractivity (Wildman–Crippen MR) is 95.0 cm³/mol. The molecule has 0 aliphatic carbocycles. The van der Waals surface area contributed by atoms with Crippen LogP contribution < -0.4 is 15.4 Å². The summed E-state index contributed by atoms with van der Waals surface area (Å²) in [6.07, 6.45) is 1.26. The molecule has 1 aliphatic rings. The molecule has 1 aromatic heterocycles. The maximum atomic E-state index is 12.5. The van der Waals surface area contributed by atoms with Crippen LogP contribution in [0.3, 0.4) is 0 Å². The average molecular weight is 334 g/mol. The van der Waals surface area contributed by atoms with Gasteiger partial charge in [-0.05, 0) is 36.8 Å². The van der Waals surface area contributed by atoms with Gasteiger partial charge in [-0.2, -0.15) is 5.10 Å². The van der Waals surface area contributed by atoms with Gasteiger partial charge in [0.25, 0.3) is 5.91 Å². The number of nitrogens with zero attached hydrogens (tertiary/aromatic N) is 2. The van der Waals surface area contributed by atoms with E-state index in [2.05, 4.69) is 15.7 Å². The molecule has 25 heavy (non-hydrogen) atoms. The Kier molecular flexibility index (Phi) is 3.85. The van der Waals surface area contributed by atoms with Crippen molar-refractivity contribution in [3.8, 4) is 11.4 Å². The molecule has 126 valence electrons. The Morgan fingerprint density at radius 2 is 1.84 bits per heavy atom. The second-order valence-electron chi connectivity index (χ2n) is 5.71. The molecule has 6 nitrogen and oxygen atoms in total. The maximum absolute atomic E-state index is 12.5. The molecule has 0 unspecified atom stereocenters. The number of aromatic nitrogens is 2. The Balaban J connectivity index is 1.66. The SMILES string of the molecule is CCOc1ccc([C@@H]2NC(=O)c3cnn(-c4ccccc4)c3N2)cc1. The predicted octanol–water partition coefficient (Wildman–Crippen LogP) is 3.13. The van der Waals surface area contributed by atoms with Crippen LogP contribution in [-0.4, -0.2) is 22.3 Å². The summed E-state index contributed by atoms with van der Waals surface area (Å²) in [5.41, 5.74) is 2.38. The summed E-state index contributed by atoms with van der Waals surface area (Å²) < 4.78 is 7.21. The van der Waals surface area contributed by atoms with Gasteiger partial charge in [-0.15, -0.1) is 0 Å². The number of rotatable bonds is 4. The largest absolute Gasteiger partial charge is 0.494 e. The van der Waals surface area contributed by atoms with Crippen molar-refractivity contribution < 1.29 is 9.53 Å². The average Bonchev–Trinajstić information content (AvgIpc) is 3.08. The van der Waals surface area contributed by atoms with Crippen LogP contribution in [0.2, 0.25) is 0 Å². The summed E-state index contributed by atoms with van der Waals surface area (Å²) in [7, 11) is 0. The number of anilines is 1. The van der Waals surface area contributed by atoms with E-state index in [0.29, 0.717) is 18.0 Å². The number of para-hydroxylation sites is 1. The molecular formula is C19H18N4O2. The molecule has 1 aliphatic heterocycles. The standard InChI is InChI=1S/C19H18N4O2/c1-2-25-15-10-8-13(9-11-15)17-21-18-16(19(24)22-17)12-20-23(18)14-6-4-3-5-7-14/h3-12,17,21H,2H2,1H3,(H,22,24)/t17-/m0/s1. The Labute approximate surface area is 145 Å². The highest BCUT2D eigenvalue weighted by Crippen LogP contribution is 2.29. The first-order valence-corrected chi connectivity index (χ1v) is 8.20. The van der Waals surface area contributed by atoms with E-state index in [1.807, 2.05) is 61.5 Å². The highest BCUT2D eigenvalue weighted by molar-refractivity contribution is 6.01. The summed E-state index contributed by atoms with van der Waals surface area (Å²) in [6.45, 7) is 2.57. The zero-order valence-corrected chi connectivity index (χ0v) is 13.8. The van der Waals surface area contributed by atoms with Gasteiger partial charge in [0.05, 0.1) is 18.5 Å². The van der Waals surface area contributed by atoms with Gasteiger partial charge in [0, 0.05) is 0 Å². The van der Waals surface area contributed by atoms with Gasteiger partial charge in [-0.1, -0.05) is 30.3 Å². The Morgan fingerprint density at radius 3 is 2.56 bits per heavy atom. The van der Waals surface area contributed by atoms with Gasteiger partial charge in [0.1, 0.15) is 23.3 Å². The fourth-order valence-electron chi connectivity index (χ4n) is 2.89. The van der Waals surface area contributed by atoms with Crippen LogP contribution in [0.5, 0.6) is 5.75 Å². The van der Waals surface area contributed by atoms with Crippen molar-refractivity contribution in [2.45, 2.75) is 13.1 Å². The smallest absolute Gasteiger partial charge is 0.258 e. The maximum Gasteiger partial charge on any atom is 0.258 e. The summed E-state index contributed by atoms with van der Waals surface area (Å²) >= 11 is 0. The fraction of sp³-hybridized carbons (Fsp3) is 0.158. The minimum absolute atomic E-state index is 0.144. The van der Waals surface area contributed by atoms with Crippen LogP contribution >= 0.6 is 0 Å². The van der Waals surface area contributed by atoms with Gasteiger partial charge in [0.2, 0.25) is 0 Å². The molecule has 2 heterocycles. The van der Waals surface area contributed by atoms with Gasteiger partial charge < -0.3 is 15.4 Å².